The van der Waals surface area contributed by atoms with Crippen molar-refractivity contribution >= 4 is 23.9 Å². The molecule has 61 heavy (non-hydrogen) atoms. The van der Waals surface area contributed by atoms with Gasteiger partial charge in [0.05, 0.1) is 29.9 Å². The smallest absolute Gasteiger partial charge is 0.338 e. The van der Waals surface area contributed by atoms with Gasteiger partial charge in [-0.3, -0.25) is 4.79 Å². The summed E-state index contributed by atoms with van der Waals surface area (Å²) in [5, 5.41) is 10.7. The summed E-state index contributed by atoms with van der Waals surface area (Å²) in [4.78, 5) is 53.5. The van der Waals surface area contributed by atoms with Crippen molar-refractivity contribution in [2.45, 2.75) is 133 Å². The van der Waals surface area contributed by atoms with Crippen LogP contribution in [0.3, 0.4) is 0 Å². The highest BCUT2D eigenvalue weighted by molar-refractivity contribution is 5.91. The fourth-order valence-electron chi connectivity index (χ4n) is 7.55. The summed E-state index contributed by atoms with van der Waals surface area (Å²) in [6.45, 7) is 6.18. The van der Waals surface area contributed by atoms with E-state index in [4.69, 9.17) is 47.4 Å². The van der Waals surface area contributed by atoms with Crippen LogP contribution >= 0.6 is 0 Å². The van der Waals surface area contributed by atoms with Gasteiger partial charge in [-0.25, -0.2) is 14.4 Å². The van der Waals surface area contributed by atoms with Gasteiger partial charge < -0.3 is 52.5 Å². The van der Waals surface area contributed by atoms with Crippen LogP contribution in [-0.2, 0) is 52.2 Å². The minimum Gasteiger partial charge on any atom is -0.454 e. The van der Waals surface area contributed by atoms with E-state index in [-0.39, 0.29) is 23.3 Å². The summed E-state index contributed by atoms with van der Waals surface area (Å²) in [7, 11) is 0. The average Bonchev–Trinajstić information content (AvgIpc) is 3.60. The third-order valence-electron chi connectivity index (χ3n) is 10.5. The van der Waals surface area contributed by atoms with Gasteiger partial charge in [-0.2, -0.15) is 0 Å². The largest absolute Gasteiger partial charge is 0.454 e. The van der Waals surface area contributed by atoms with Gasteiger partial charge in [0.25, 0.3) is 0 Å². The molecule has 15 heteroatoms. The second-order valence-electron chi connectivity index (χ2n) is 15.6. The zero-order valence-electron chi connectivity index (χ0n) is 35.0. The first-order valence-corrected chi connectivity index (χ1v) is 20.9. The summed E-state index contributed by atoms with van der Waals surface area (Å²) in [5.41, 5.74) is 0.496. The van der Waals surface area contributed by atoms with E-state index in [1.165, 1.54) is 43.3 Å². The van der Waals surface area contributed by atoms with Gasteiger partial charge in [0.2, 0.25) is 0 Å². The molecule has 0 spiro atoms. The molecule has 3 aliphatic heterocycles. The highest BCUT2D eigenvalue weighted by Crippen LogP contribution is 2.40. The van der Waals surface area contributed by atoms with Crippen molar-refractivity contribution in [3.05, 3.63) is 108 Å². The third kappa shape index (κ3) is 12.2. The molecule has 0 radical (unpaired) electrons. The summed E-state index contributed by atoms with van der Waals surface area (Å²) < 4.78 is 61.7. The number of carbonyl (C=O) groups is 4. The molecule has 3 heterocycles. The van der Waals surface area contributed by atoms with Crippen LogP contribution in [0.25, 0.3) is 0 Å². The number of unbranched alkanes of at least 4 members (excludes halogenated alkanes) is 5. The number of carbonyl (C=O) groups excluding carboxylic acids is 4. The highest BCUT2D eigenvalue weighted by atomic mass is 16.8. The minimum absolute atomic E-state index is 0.158. The maximum atomic E-state index is 13.8. The lowest BCUT2D eigenvalue weighted by molar-refractivity contribution is -0.322. The topological polar surface area (TPSA) is 181 Å². The first-order chi connectivity index (χ1) is 29.5. The summed E-state index contributed by atoms with van der Waals surface area (Å²) >= 11 is 0. The van der Waals surface area contributed by atoms with Gasteiger partial charge in [-0.1, -0.05) is 93.6 Å². The van der Waals surface area contributed by atoms with E-state index in [0.29, 0.717) is 6.61 Å². The molecule has 0 unspecified atom stereocenters. The Morgan fingerprint density at radius 1 is 0.574 bits per heavy atom. The van der Waals surface area contributed by atoms with Crippen molar-refractivity contribution in [1.29, 1.82) is 0 Å². The van der Waals surface area contributed by atoms with E-state index in [0.717, 1.165) is 38.5 Å². The van der Waals surface area contributed by atoms with E-state index in [2.05, 4.69) is 6.92 Å². The number of aliphatic hydroxyl groups is 1. The molecule has 0 bridgehead atoms. The minimum atomic E-state index is -1.58. The molecule has 0 amide bonds. The Balaban J connectivity index is 1.30. The fourth-order valence-corrected chi connectivity index (χ4v) is 7.55. The first kappa shape index (κ1) is 45.8. The summed E-state index contributed by atoms with van der Waals surface area (Å²) in [5.74, 6) is -4.14. The number of hydrogen-bond acceptors (Lipinski definition) is 15. The van der Waals surface area contributed by atoms with Crippen molar-refractivity contribution < 1.29 is 71.7 Å². The molecule has 3 aliphatic rings. The van der Waals surface area contributed by atoms with E-state index < -0.39 is 97.7 Å². The Morgan fingerprint density at radius 2 is 1.05 bits per heavy atom. The zero-order valence-corrected chi connectivity index (χ0v) is 35.0. The molecule has 0 saturated carbocycles. The van der Waals surface area contributed by atoms with Crippen LogP contribution in [0.2, 0.25) is 0 Å². The van der Waals surface area contributed by atoms with E-state index >= 15 is 0 Å². The van der Waals surface area contributed by atoms with Crippen LogP contribution in [0.5, 0.6) is 0 Å². The maximum Gasteiger partial charge on any atom is 0.338 e. The van der Waals surface area contributed by atoms with E-state index in [1.54, 1.807) is 68.4 Å². The van der Waals surface area contributed by atoms with Gasteiger partial charge in [0.1, 0.15) is 24.4 Å². The Hall–Kier alpha value is -4.74. The zero-order chi connectivity index (χ0) is 43.4. The lowest BCUT2D eigenvalue weighted by Crippen LogP contribution is -2.64. The molecule has 3 aromatic rings. The van der Waals surface area contributed by atoms with Crippen LogP contribution in [0.1, 0.15) is 97.3 Å². The van der Waals surface area contributed by atoms with Crippen molar-refractivity contribution in [3.8, 4) is 0 Å². The molecule has 1 N–H and O–H groups in total. The number of aliphatic hydroxyl groups excluding tert-OH is 1. The molecule has 3 aromatic carbocycles. The Bertz CT molecular complexity index is 1860. The van der Waals surface area contributed by atoms with Crippen molar-refractivity contribution in [2.75, 3.05) is 19.8 Å². The molecule has 10 atom stereocenters. The number of ether oxygens (including phenoxy) is 10. The fraction of sp³-hybridized carbons (Fsp3) is 0.522. The average molecular weight is 849 g/mol. The summed E-state index contributed by atoms with van der Waals surface area (Å²) in [6, 6.07) is 24.3. The van der Waals surface area contributed by atoms with Crippen LogP contribution in [0.15, 0.2) is 91.0 Å². The van der Waals surface area contributed by atoms with Crippen molar-refractivity contribution in [3.63, 3.8) is 0 Å². The molecule has 0 aromatic heterocycles. The molecule has 3 saturated heterocycles. The SMILES string of the molecule is CCCCCCCCO[C@H]1O[C@H](CO[C@H]2O[C@H](CO)[C@@H](OC(=O)c3ccccc3)[C@H](OC(=O)c3ccccc3)[C@@H]2OC(=O)c2ccccc2)[C@@H]2OC(C)(C)O[C@@H]2[C@@H]1OC(C)=O. The van der Waals surface area contributed by atoms with Crippen LogP contribution in [0.4, 0.5) is 0 Å². The van der Waals surface area contributed by atoms with Crippen LogP contribution in [-0.4, -0.2) is 116 Å². The molecular weight excluding hydrogens is 792 g/mol. The van der Waals surface area contributed by atoms with Gasteiger partial charge in [0.15, 0.2) is 42.8 Å². The quantitative estimate of drug-likeness (QED) is 0.0849. The van der Waals surface area contributed by atoms with Gasteiger partial charge in [-0.15, -0.1) is 0 Å². The second-order valence-corrected chi connectivity index (χ2v) is 15.6. The number of fused-ring (bicyclic) bond motifs is 1. The lowest BCUT2D eigenvalue weighted by Gasteiger charge is -2.45. The lowest BCUT2D eigenvalue weighted by atomic mass is 9.97. The molecule has 3 fully saturated rings. The molecule has 0 aliphatic carbocycles. The van der Waals surface area contributed by atoms with Gasteiger partial charge in [0, 0.05) is 13.5 Å². The number of hydrogen-bond donors (Lipinski definition) is 1. The second kappa shape index (κ2) is 21.9. The Kier molecular flexibility index (Phi) is 16.4. The number of rotatable bonds is 19. The standard InChI is InChI=1S/C46H56O15/c1-5-6-7-8-9-19-26-52-44-40(54-29(2)48)38-36(60-46(3,4)61-38)34(56-44)28-53-45-39(59-43(51)32-24-17-12-18-25-32)37(58-42(50)31-22-15-11-16-23-31)35(33(27-47)55-45)57-41(49)30-20-13-10-14-21-30/h10-18,20-25,33-40,44-45,47H,5-9,19,26-28H2,1-4H3/t33-,34-,35-,36+,37+,38+,39+,40+,44+,45+/m1/s1. The van der Waals surface area contributed by atoms with Crippen LogP contribution in [0, 0.1) is 0 Å². The highest BCUT2D eigenvalue weighted by Gasteiger charge is 2.58. The van der Waals surface area contributed by atoms with Crippen molar-refractivity contribution in [2.24, 2.45) is 0 Å². The van der Waals surface area contributed by atoms with E-state index in [1.807, 2.05) is 0 Å². The normalized spacial score (nSPS) is 28.0. The Labute approximate surface area is 355 Å². The van der Waals surface area contributed by atoms with Crippen molar-refractivity contribution in [1.82, 2.24) is 0 Å². The summed E-state index contributed by atoms with van der Waals surface area (Å²) in [6.07, 6.45) is -6.03. The van der Waals surface area contributed by atoms with Crippen LogP contribution < -0.4 is 0 Å². The third-order valence-corrected chi connectivity index (χ3v) is 10.5. The molecule has 330 valence electrons. The maximum absolute atomic E-state index is 13.8. The molecular formula is C46H56O15. The van der Waals surface area contributed by atoms with Gasteiger partial charge in [-0.05, 0) is 56.7 Å². The Morgan fingerprint density at radius 3 is 1.59 bits per heavy atom. The van der Waals surface area contributed by atoms with E-state index in [9.17, 15) is 24.3 Å². The predicted molar refractivity (Wildman–Crippen MR) is 216 cm³/mol. The first-order valence-electron chi connectivity index (χ1n) is 20.9. The molecule has 15 nitrogen and oxygen atoms in total. The van der Waals surface area contributed by atoms with Gasteiger partial charge >= 0.3 is 23.9 Å². The number of benzene rings is 3. The number of esters is 4. The monoisotopic (exact) mass is 848 g/mol. The molecule has 6 rings (SSSR count). The predicted octanol–water partition coefficient (Wildman–Crippen LogP) is 5.95.